The third-order valence-corrected chi connectivity index (χ3v) is 3.26. The number of aromatic nitrogens is 1. The molecule has 1 aromatic rings. The van der Waals surface area contributed by atoms with Gasteiger partial charge in [-0.3, -0.25) is 0 Å². The van der Waals surface area contributed by atoms with Crippen molar-refractivity contribution in [3.63, 3.8) is 0 Å². The fourth-order valence-electron chi connectivity index (χ4n) is 2.17. The van der Waals surface area contributed by atoms with Crippen LogP contribution in [0, 0.1) is 0 Å². The molecule has 0 N–H and O–H groups in total. The Morgan fingerprint density at radius 2 is 2.20 bits per heavy atom. The molecule has 2 nitrogen and oxygen atoms in total. The second-order valence-electron chi connectivity index (χ2n) is 4.21. The molecule has 2 rings (SSSR count). The Labute approximate surface area is 96.3 Å². The molecular formula is C12H17ClN2. The summed E-state index contributed by atoms with van der Waals surface area (Å²) in [6, 6.07) is 6.43. The average Bonchev–Trinajstić information content (AvgIpc) is 2.43. The first-order chi connectivity index (χ1) is 7.27. The van der Waals surface area contributed by atoms with Crippen LogP contribution in [0.25, 0.3) is 0 Å². The van der Waals surface area contributed by atoms with Crippen LogP contribution < -0.4 is 4.90 Å². The van der Waals surface area contributed by atoms with E-state index in [9.17, 15) is 0 Å². The number of hydrogen-bond acceptors (Lipinski definition) is 2. The van der Waals surface area contributed by atoms with Crippen molar-refractivity contribution in [1.29, 1.82) is 0 Å². The van der Waals surface area contributed by atoms with Gasteiger partial charge < -0.3 is 4.90 Å². The van der Waals surface area contributed by atoms with Crippen molar-refractivity contribution in [2.45, 2.75) is 38.6 Å². The molecule has 1 aliphatic rings. The summed E-state index contributed by atoms with van der Waals surface area (Å²) in [7, 11) is 0. The Balaban J connectivity index is 2.20. The minimum absolute atomic E-state index is 0.582. The maximum atomic E-state index is 5.91. The number of halogens is 1. The molecule has 0 aromatic carbocycles. The van der Waals surface area contributed by atoms with E-state index >= 15 is 0 Å². The van der Waals surface area contributed by atoms with Crippen LogP contribution in [-0.4, -0.2) is 17.6 Å². The molecule has 1 atom stereocenters. The third-order valence-electron chi connectivity index (χ3n) is 3.05. The zero-order valence-electron chi connectivity index (χ0n) is 9.12. The highest BCUT2D eigenvalue weighted by atomic mass is 35.5. The van der Waals surface area contributed by atoms with Crippen LogP contribution in [0.4, 0.5) is 5.82 Å². The first kappa shape index (κ1) is 10.7. The van der Waals surface area contributed by atoms with E-state index in [1.54, 1.807) is 0 Å². The van der Waals surface area contributed by atoms with Gasteiger partial charge in [0.05, 0.1) is 0 Å². The Hall–Kier alpha value is -0.760. The van der Waals surface area contributed by atoms with Gasteiger partial charge in [-0.05, 0) is 31.9 Å². The van der Waals surface area contributed by atoms with Crippen molar-refractivity contribution in [2.24, 2.45) is 0 Å². The van der Waals surface area contributed by atoms with Gasteiger partial charge in [0.2, 0.25) is 0 Å². The maximum absolute atomic E-state index is 5.91. The Bertz CT molecular complexity index is 327. The third kappa shape index (κ3) is 2.63. The second-order valence-corrected chi connectivity index (χ2v) is 4.60. The van der Waals surface area contributed by atoms with Gasteiger partial charge in [0.15, 0.2) is 0 Å². The van der Waals surface area contributed by atoms with E-state index < -0.39 is 0 Å². The largest absolute Gasteiger partial charge is 0.354 e. The summed E-state index contributed by atoms with van der Waals surface area (Å²) in [6.45, 7) is 3.38. The van der Waals surface area contributed by atoms with Crippen LogP contribution in [0.15, 0.2) is 18.2 Å². The molecule has 15 heavy (non-hydrogen) atoms. The van der Waals surface area contributed by atoms with E-state index in [1.807, 2.05) is 18.2 Å². The van der Waals surface area contributed by atoms with Crippen LogP contribution in [0.2, 0.25) is 5.15 Å². The molecule has 1 aromatic heterocycles. The highest BCUT2D eigenvalue weighted by molar-refractivity contribution is 6.29. The molecule has 0 saturated carbocycles. The van der Waals surface area contributed by atoms with Gasteiger partial charge in [-0.15, -0.1) is 0 Å². The lowest BCUT2D eigenvalue weighted by Gasteiger charge is -2.28. The number of hydrogen-bond donors (Lipinski definition) is 0. The first-order valence-corrected chi connectivity index (χ1v) is 6.04. The predicted octanol–water partition coefficient (Wildman–Crippen LogP) is 3.50. The first-order valence-electron chi connectivity index (χ1n) is 5.66. The average molecular weight is 225 g/mol. The zero-order chi connectivity index (χ0) is 10.7. The second kappa shape index (κ2) is 4.84. The monoisotopic (exact) mass is 224 g/mol. The molecule has 0 spiro atoms. The summed E-state index contributed by atoms with van der Waals surface area (Å²) >= 11 is 5.91. The van der Waals surface area contributed by atoms with Crippen LogP contribution in [0.3, 0.4) is 0 Å². The molecule has 0 radical (unpaired) electrons. The van der Waals surface area contributed by atoms with E-state index in [-0.39, 0.29) is 0 Å². The maximum Gasteiger partial charge on any atom is 0.131 e. The predicted molar refractivity (Wildman–Crippen MR) is 64.5 cm³/mol. The van der Waals surface area contributed by atoms with Gasteiger partial charge in [0.1, 0.15) is 11.0 Å². The zero-order valence-corrected chi connectivity index (χ0v) is 9.87. The van der Waals surface area contributed by atoms with Crippen molar-refractivity contribution in [3.8, 4) is 0 Å². The fraction of sp³-hybridized carbons (Fsp3) is 0.583. The molecule has 3 heteroatoms. The highest BCUT2D eigenvalue weighted by Gasteiger charge is 2.17. The summed E-state index contributed by atoms with van der Waals surface area (Å²) in [5.41, 5.74) is 0. The van der Waals surface area contributed by atoms with Crippen LogP contribution in [-0.2, 0) is 0 Å². The molecule has 0 aliphatic carbocycles. The lowest BCUT2D eigenvalue weighted by Crippen LogP contribution is -2.33. The smallest absolute Gasteiger partial charge is 0.131 e. The van der Waals surface area contributed by atoms with E-state index in [2.05, 4.69) is 16.8 Å². The van der Waals surface area contributed by atoms with Crippen molar-refractivity contribution in [2.75, 3.05) is 11.4 Å². The minimum Gasteiger partial charge on any atom is -0.354 e. The molecule has 1 saturated heterocycles. The highest BCUT2D eigenvalue weighted by Crippen LogP contribution is 2.23. The normalized spacial score (nSPS) is 22.5. The van der Waals surface area contributed by atoms with Crippen molar-refractivity contribution < 1.29 is 0 Å². The summed E-state index contributed by atoms with van der Waals surface area (Å²) in [6.07, 6.45) is 5.19. The Kier molecular flexibility index (Phi) is 3.47. The number of pyridine rings is 1. The van der Waals surface area contributed by atoms with E-state index in [0.29, 0.717) is 11.2 Å². The summed E-state index contributed by atoms with van der Waals surface area (Å²) in [5, 5.41) is 0.587. The molecule has 82 valence electrons. The van der Waals surface area contributed by atoms with Gasteiger partial charge in [-0.1, -0.05) is 30.5 Å². The minimum atomic E-state index is 0.582. The van der Waals surface area contributed by atoms with Crippen molar-refractivity contribution in [3.05, 3.63) is 23.4 Å². The topological polar surface area (TPSA) is 16.1 Å². The molecule has 0 bridgehead atoms. The van der Waals surface area contributed by atoms with Crippen LogP contribution in [0.1, 0.15) is 32.6 Å². The standard InChI is InChI=1S/C12H17ClN2/c1-10-6-3-2-4-9-15(10)12-8-5-7-11(13)14-12/h5,7-8,10H,2-4,6,9H2,1H3. The fourth-order valence-corrected chi connectivity index (χ4v) is 2.33. The van der Waals surface area contributed by atoms with Crippen molar-refractivity contribution >= 4 is 17.4 Å². The van der Waals surface area contributed by atoms with Crippen LogP contribution >= 0.6 is 11.6 Å². The van der Waals surface area contributed by atoms with Crippen molar-refractivity contribution in [1.82, 2.24) is 4.98 Å². The van der Waals surface area contributed by atoms with Gasteiger partial charge in [-0.25, -0.2) is 4.98 Å². The lowest BCUT2D eigenvalue weighted by atomic mass is 10.1. The van der Waals surface area contributed by atoms with Crippen LogP contribution in [0.5, 0.6) is 0 Å². The van der Waals surface area contributed by atoms with E-state index in [4.69, 9.17) is 11.6 Å². The lowest BCUT2D eigenvalue weighted by molar-refractivity contribution is 0.611. The van der Waals surface area contributed by atoms with E-state index in [0.717, 1.165) is 12.4 Å². The SMILES string of the molecule is CC1CCCCCN1c1cccc(Cl)n1. The molecule has 1 unspecified atom stereocenters. The molecule has 1 aliphatic heterocycles. The van der Waals surface area contributed by atoms with Gasteiger partial charge in [-0.2, -0.15) is 0 Å². The Morgan fingerprint density at radius 3 is 3.00 bits per heavy atom. The molecule has 1 fully saturated rings. The molecule has 0 amide bonds. The van der Waals surface area contributed by atoms with Gasteiger partial charge in [0, 0.05) is 12.6 Å². The quantitative estimate of drug-likeness (QED) is 0.679. The van der Waals surface area contributed by atoms with Gasteiger partial charge in [0.25, 0.3) is 0 Å². The number of anilines is 1. The summed E-state index contributed by atoms with van der Waals surface area (Å²) in [5.74, 6) is 1.02. The molecule has 2 heterocycles. The number of rotatable bonds is 1. The van der Waals surface area contributed by atoms with Gasteiger partial charge >= 0.3 is 0 Å². The Morgan fingerprint density at radius 1 is 1.33 bits per heavy atom. The molecular weight excluding hydrogens is 208 g/mol. The number of nitrogens with zero attached hydrogens (tertiary/aromatic N) is 2. The summed E-state index contributed by atoms with van der Waals surface area (Å²) in [4.78, 5) is 6.75. The van der Waals surface area contributed by atoms with E-state index in [1.165, 1.54) is 25.7 Å². The summed E-state index contributed by atoms with van der Waals surface area (Å²) < 4.78 is 0.